The van der Waals surface area contributed by atoms with E-state index in [4.69, 9.17) is 0 Å². The quantitative estimate of drug-likeness (QED) is 0.316. The summed E-state index contributed by atoms with van der Waals surface area (Å²) >= 11 is 0. The van der Waals surface area contributed by atoms with Gasteiger partial charge in [-0.1, -0.05) is 72.3 Å². The van der Waals surface area contributed by atoms with Crippen LogP contribution >= 0.6 is 0 Å². The number of hydrogen-bond acceptors (Lipinski definition) is 0. The molecular formula is C21H21Cl2SiZr. The van der Waals surface area contributed by atoms with E-state index in [2.05, 4.69) is 74.6 Å². The third-order valence-corrected chi connectivity index (χ3v) is 6.58. The Bertz CT molecular complexity index is 825. The van der Waals surface area contributed by atoms with E-state index < -0.39 is 8.80 Å². The number of rotatable bonds is 2. The zero-order valence-electron chi connectivity index (χ0n) is 14.7. The first kappa shape index (κ1) is 22.6. The summed E-state index contributed by atoms with van der Waals surface area (Å²) in [5.74, 6) is 0.430. The molecule has 0 fully saturated rings. The number of benzene rings is 2. The third-order valence-electron chi connectivity index (χ3n) is 4.86. The van der Waals surface area contributed by atoms with Crippen molar-refractivity contribution in [1.29, 1.82) is 0 Å². The SMILES string of the molecule is CC1=CC(c2[c-]c3c(cc2[SiH](C)C)-c2ccccc2C3)C=C1.[Cl-].[Cl-].[Zr+3]. The molecule has 4 heteroatoms. The van der Waals surface area contributed by atoms with Gasteiger partial charge in [0.1, 0.15) is 0 Å². The summed E-state index contributed by atoms with van der Waals surface area (Å²) in [4.78, 5) is 0. The maximum absolute atomic E-state index is 3.82. The summed E-state index contributed by atoms with van der Waals surface area (Å²) < 4.78 is 0. The summed E-state index contributed by atoms with van der Waals surface area (Å²) in [6.45, 7) is 7.04. The molecule has 4 rings (SSSR count). The average Bonchev–Trinajstić information content (AvgIpc) is 3.08. The molecule has 2 aliphatic carbocycles. The molecule has 1 atom stereocenters. The summed E-state index contributed by atoms with van der Waals surface area (Å²) in [7, 11) is -0.888. The Morgan fingerprint density at radius 3 is 2.44 bits per heavy atom. The Balaban J connectivity index is 0.00000104. The first-order chi connectivity index (χ1) is 10.6. The van der Waals surface area contributed by atoms with E-state index in [-0.39, 0.29) is 51.0 Å². The van der Waals surface area contributed by atoms with E-state index in [1.165, 1.54) is 33.4 Å². The second-order valence-electron chi connectivity index (χ2n) is 6.81. The van der Waals surface area contributed by atoms with Gasteiger partial charge in [0.05, 0.1) is 0 Å². The van der Waals surface area contributed by atoms with Gasteiger partial charge in [0.15, 0.2) is 0 Å². The summed E-state index contributed by atoms with van der Waals surface area (Å²) in [6.07, 6.45) is 7.99. The average molecular weight is 464 g/mol. The number of allylic oxidation sites excluding steroid dienone is 4. The maximum Gasteiger partial charge on any atom is 3.00 e. The van der Waals surface area contributed by atoms with Crippen molar-refractivity contribution in [2.24, 2.45) is 0 Å². The molecule has 2 aromatic carbocycles. The Kier molecular flexibility index (Phi) is 8.15. The van der Waals surface area contributed by atoms with E-state index in [1.54, 1.807) is 5.19 Å². The maximum atomic E-state index is 3.82. The molecule has 0 aromatic heterocycles. The predicted octanol–water partition coefficient (Wildman–Crippen LogP) is -1.64. The normalized spacial score (nSPS) is 16.3. The van der Waals surface area contributed by atoms with Crippen molar-refractivity contribution in [2.45, 2.75) is 32.4 Å². The molecular weight excluding hydrogens is 442 g/mol. The molecule has 0 heterocycles. The molecule has 0 spiro atoms. The van der Waals surface area contributed by atoms with Gasteiger partial charge in [0.2, 0.25) is 0 Å². The van der Waals surface area contributed by atoms with E-state index >= 15 is 0 Å². The van der Waals surface area contributed by atoms with Crippen molar-refractivity contribution in [3.05, 3.63) is 76.9 Å². The van der Waals surface area contributed by atoms with Crippen molar-refractivity contribution < 1.29 is 51.0 Å². The monoisotopic (exact) mass is 461 g/mol. The third kappa shape index (κ3) is 4.14. The second-order valence-corrected chi connectivity index (χ2v) is 9.75. The molecule has 0 N–H and O–H groups in total. The molecule has 2 aromatic rings. The molecule has 0 bridgehead atoms. The second kappa shape index (κ2) is 9.00. The van der Waals surface area contributed by atoms with Crippen LogP contribution < -0.4 is 30.0 Å². The van der Waals surface area contributed by atoms with Crippen LogP contribution in [0.4, 0.5) is 0 Å². The molecule has 0 nitrogen and oxygen atoms in total. The molecule has 1 radical (unpaired) electrons. The molecule has 127 valence electrons. The van der Waals surface area contributed by atoms with Crippen LogP contribution in [-0.4, -0.2) is 8.80 Å². The number of hydrogen-bond donors (Lipinski definition) is 0. The molecule has 25 heavy (non-hydrogen) atoms. The minimum Gasteiger partial charge on any atom is -1.00 e. The van der Waals surface area contributed by atoms with Crippen molar-refractivity contribution in [2.75, 3.05) is 0 Å². The van der Waals surface area contributed by atoms with Gasteiger partial charge in [0, 0.05) is 8.80 Å². The Morgan fingerprint density at radius 1 is 1.08 bits per heavy atom. The fourth-order valence-electron chi connectivity index (χ4n) is 3.71. The number of fused-ring (bicyclic) bond motifs is 3. The van der Waals surface area contributed by atoms with Gasteiger partial charge in [-0.25, -0.2) is 0 Å². The molecule has 0 saturated heterocycles. The summed E-state index contributed by atoms with van der Waals surface area (Å²) in [6, 6.07) is 15.1. The van der Waals surface area contributed by atoms with Crippen molar-refractivity contribution in [3.63, 3.8) is 0 Å². The predicted molar refractivity (Wildman–Crippen MR) is 97.7 cm³/mol. The van der Waals surface area contributed by atoms with E-state index in [9.17, 15) is 0 Å². The zero-order valence-corrected chi connectivity index (χ0v) is 19.9. The van der Waals surface area contributed by atoms with E-state index in [0.717, 1.165) is 6.42 Å². The minimum absolute atomic E-state index is 0. The fourth-order valence-corrected chi connectivity index (χ4v) is 5.10. The van der Waals surface area contributed by atoms with Crippen LogP contribution in [0.3, 0.4) is 0 Å². The van der Waals surface area contributed by atoms with Crippen LogP contribution in [0.2, 0.25) is 13.1 Å². The molecule has 2 aliphatic rings. The first-order valence-corrected chi connectivity index (χ1v) is 11.1. The molecule has 0 amide bonds. The topological polar surface area (TPSA) is 0 Å². The summed E-state index contributed by atoms with van der Waals surface area (Å²) in [5, 5.41) is 1.58. The smallest absolute Gasteiger partial charge is 1.00 e. The van der Waals surface area contributed by atoms with Gasteiger partial charge in [0.25, 0.3) is 0 Å². The van der Waals surface area contributed by atoms with Crippen LogP contribution in [0.5, 0.6) is 0 Å². The summed E-state index contributed by atoms with van der Waals surface area (Å²) in [5.41, 5.74) is 8.50. The van der Waals surface area contributed by atoms with Gasteiger partial charge in [-0.05, 0) is 19.3 Å². The van der Waals surface area contributed by atoms with E-state index in [0.29, 0.717) is 5.92 Å². The minimum atomic E-state index is -0.888. The largest absolute Gasteiger partial charge is 3.00 e. The Labute approximate surface area is 184 Å². The van der Waals surface area contributed by atoms with Gasteiger partial charge in [-0.15, -0.1) is 11.1 Å². The van der Waals surface area contributed by atoms with Crippen LogP contribution in [0.15, 0.2) is 54.1 Å². The van der Waals surface area contributed by atoms with E-state index in [1.807, 2.05) is 0 Å². The molecule has 1 unspecified atom stereocenters. The van der Waals surface area contributed by atoms with Gasteiger partial charge in [-0.3, -0.25) is 0 Å². The van der Waals surface area contributed by atoms with Crippen LogP contribution in [0.25, 0.3) is 11.1 Å². The molecule has 0 aliphatic heterocycles. The van der Waals surface area contributed by atoms with Gasteiger partial charge >= 0.3 is 26.2 Å². The first-order valence-electron chi connectivity index (χ1n) is 8.17. The van der Waals surface area contributed by atoms with Crippen molar-refractivity contribution >= 4 is 14.0 Å². The Morgan fingerprint density at radius 2 is 1.80 bits per heavy atom. The van der Waals surface area contributed by atoms with Crippen molar-refractivity contribution in [3.8, 4) is 11.1 Å². The molecule has 0 saturated carbocycles. The number of halogens is 2. The zero-order chi connectivity index (χ0) is 15.3. The van der Waals surface area contributed by atoms with Crippen LogP contribution in [0, 0.1) is 6.07 Å². The van der Waals surface area contributed by atoms with Crippen LogP contribution in [0.1, 0.15) is 29.5 Å². The van der Waals surface area contributed by atoms with Gasteiger partial charge in [-0.2, -0.15) is 22.9 Å². The van der Waals surface area contributed by atoms with Crippen LogP contribution in [-0.2, 0) is 32.6 Å². The standard InChI is InChI=1S/C21H21Si.2ClH.Zr/c1-14-8-9-16(10-14)20-12-17-11-15-6-4-5-7-18(15)19(17)13-21(20)22(2)3;;;/h4-10,13,16,22H,11H2,1-3H3;2*1H;/q-1;;;+3/p-2. The Hall–Kier alpha value is -0.400. The van der Waals surface area contributed by atoms with Gasteiger partial charge < -0.3 is 24.8 Å². The van der Waals surface area contributed by atoms with Crippen molar-refractivity contribution in [1.82, 2.24) is 0 Å². The fraction of sp³-hybridized carbons (Fsp3) is 0.238.